The molecule has 11 heteroatoms. The van der Waals surface area contributed by atoms with E-state index in [0.717, 1.165) is 5.56 Å². The van der Waals surface area contributed by atoms with Crippen LogP contribution in [0.3, 0.4) is 0 Å². The smallest absolute Gasteiger partial charge is 0.282 e. The first kappa shape index (κ1) is 21.3. The molecular formula is C17H15BrN4O5S. The highest BCUT2D eigenvalue weighted by Gasteiger charge is 2.20. The second kappa shape index (κ2) is 9.76. The largest absolute Gasteiger partial charge is 0.483 e. The number of nitro groups is 1. The topological polar surface area (TPSA) is 123 Å². The first-order valence-electron chi connectivity index (χ1n) is 7.80. The van der Waals surface area contributed by atoms with Gasteiger partial charge in [0.1, 0.15) is 11.3 Å². The number of nitrogens with zero attached hydrogens (tertiary/aromatic N) is 1. The molecule has 0 saturated heterocycles. The van der Waals surface area contributed by atoms with Gasteiger partial charge in [-0.2, -0.15) is 0 Å². The van der Waals surface area contributed by atoms with Crippen LogP contribution in [0, 0.1) is 17.0 Å². The van der Waals surface area contributed by atoms with Gasteiger partial charge in [0.2, 0.25) is 0 Å². The van der Waals surface area contributed by atoms with Crippen molar-refractivity contribution in [1.29, 1.82) is 0 Å². The molecule has 9 nitrogen and oxygen atoms in total. The number of thiocarbonyl (C=S) groups is 1. The van der Waals surface area contributed by atoms with Gasteiger partial charge in [0, 0.05) is 6.07 Å². The van der Waals surface area contributed by atoms with Crippen molar-refractivity contribution >= 4 is 50.8 Å². The number of rotatable bonds is 5. The van der Waals surface area contributed by atoms with Crippen molar-refractivity contribution in [3.63, 3.8) is 0 Å². The van der Waals surface area contributed by atoms with Gasteiger partial charge in [0.05, 0.1) is 9.40 Å². The summed E-state index contributed by atoms with van der Waals surface area (Å²) in [5.41, 5.74) is 5.11. The zero-order valence-corrected chi connectivity index (χ0v) is 16.9. The predicted molar refractivity (Wildman–Crippen MR) is 109 cm³/mol. The lowest BCUT2D eigenvalue weighted by molar-refractivity contribution is -0.385. The summed E-state index contributed by atoms with van der Waals surface area (Å²) in [6, 6.07) is 10.8. The lowest BCUT2D eigenvalue weighted by atomic mass is 10.1. The van der Waals surface area contributed by atoms with Crippen LogP contribution < -0.4 is 20.9 Å². The Kier molecular flexibility index (Phi) is 7.41. The molecule has 146 valence electrons. The lowest BCUT2D eigenvalue weighted by Gasteiger charge is -2.12. The maximum atomic E-state index is 12.1. The number of hydrazine groups is 1. The van der Waals surface area contributed by atoms with Crippen LogP contribution in [0.15, 0.2) is 46.9 Å². The number of hydrogen-bond acceptors (Lipinski definition) is 6. The van der Waals surface area contributed by atoms with Crippen LogP contribution >= 0.6 is 28.1 Å². The molecule has 2 rings (SSSR count). The molecule has 2 aromatic rings. The molecule has 0 fully saturated rings. The van der Waals surface area contributed by atoms with Gasteiger partial charge in [-0.25, -0.2) is 0 Å². The Bertz CT molecular complexity index is 938. The number of amides is 2. The Hall–Kier alpha value is -3.05. The van der Waals surface area contributed by atoms with E-state index in [2.05, 4.69) is 32.1 Å². The average molecular weight is 467 g/mol. The molecular weight excluding hydrogens is 452 g/mol. The zero-order valence-electron chi connectivity index (χ0n) is 14.5. The number of hydrogen-bond donors (Lipinski definition) is 3. The molecule has 28 heavy (non-hydrogen) atoms. The summed E-state index contributed by atoms with van der Waals surface area (Å²) in [7, 11) is 0. The molecule has 0 saturated carbocycles. The normalized spacial score (nSPS) is 9.93. The number of halogens is 1. The molecule has 0 radical (unpaired) electrons. The van der Waals surface area contributed by atoms with Gasteiger partial charge < -0.3 is 4.74 Å². The van der Waals surface area contributed by atoms with Crippen LogP contribution in [0.1, 0.15) is 15.9 Å². The monoisotopic (exact) mass is 466 g/mol. The van der Waals surface area contributed by atoms with E-state index in [1.165, 1.54) is 24.3 Å². The number of nitro benzene ring substituents is 1. The minimum absolute atomic E-state index is 0.157. The fourth-order valence-electron chi connectivity index (χ4n) is 2.06. The Morgan fingerprint density at radius 2 is 1.93 bits per heavy atom. The molecule has 2 aromatic carbocycles. The summed E-state index contributed by atoms with van der Waals surface area (Å²) in [6.45, 7) is 1.62. The Labute approximate surface area is 173 Å². The van der Waals surface area contributed by atoms with Gasteiger partial charge >= 0.3 is 0 Å². The molecule has 0 aliphatic rings. The third kappa shape index (κ3) is 5.99. The molecule has 0 heterocycles. The maximum absolute atomic E-state index is 12.1. The van der Waals surface area contributed by atoms with E-state index in [1.807, 2.05) is 19.1 Å². The fraction of sp³-hybridized carbons (Fsp3) is 0.118. The molecule has 2 amide bonds. The van der Waals surface area contributed by atoms with Crippen molar-refractivity contribution in [3.8, 4) is 5.75 Å². The van der Waals surface area contributed by atoms with Gasteiger partial charge in [0.25, 0.3) is 17.5 Å². The average Bonchev–Trinajstić information content (AvgIpc) is 2.65. The highest BCUT2D eigenvalue weighted by atomic mass is 79.9. The fourth-order valence-corrected chi connectivity index (χ4v) is 2.81. The minimum atomic E-state index is -0.779. The number of benzene rings is 2. The lowest BCUT2D eigenvalue weighted by Crippen LogP contribution is -2.49. The predicted octanol–water partition coefficient (Wildman–Crippen LogP) is 2.38. The SMILES string of the molecule is Cc1ccc(OCC(=O)NNC(=S)NC(=O)c2ccccc2[N+](=O)[O-])c(Br)c1. The van der Waals surface area contributed by atoms with Gasteiger partial charge in [-0.3, -0.25) is 35.9 Å². The third-order valence-corrected chi connectivity index (χ3v) is 4.16. The highest BCUT2D eigenvalue weighted by molar-refractivity contribution is 9.10. The number of carbonyl (C=O) groups is 2. The van der Waals surface area contributed by atoms with Crippen molar-refractivity contribution in [2.45, 2.75) is 6.92 Å². The van der Waals surface area contributed by atoms with Crippen LogP contribution in [0.5, 0.6) is 5.75 Å². The van der Waals surface area contributed by atoms with Crippen molar-refractivity contribution in [2.24, 2.45) is 0 Å². The van der Waals surface area contributed by atoms with E-state index >= 15 is 0 Å². The number of ether oxygens (including phenoxy) is 1. The minimum Gasteiger partial charge on any atom is -0.483 e. The molecule has 0 aliphatic carbocycles. The van der Waals surface area contributed by atoms with Crippen LogP contribution in [-0.4, -0.2) is 28.5 Å². The number of carbonyl (C=O) groups excluding carboxylic acids is 2. The van der Waals surface area contributed by atoms with Crippen molar-refractivity contribution < 1.29 is 19.2 Å². The Morgan fingerprint density at radius 3 is 2.61 bits per heavy atom. The highest BCUT2D eigenvalue weighted by Crippen LogP contribution is 2.25. The van der Waals surface area contributed by atoms with Crippen LogP contribution in [0.2, 0.25) is 0 Å². The summed E-state index contributed by atoms with van der Waals surface area (Å²) in [4.78, 5) is 34.2. The van der Waals surface area contributed by atoms with E-state index < -0.39 is 16.7 Å². The van der Waals surface area contributed by atoms with Crippen LogP contribution in [0.4, 0.5) is 5.69 Å². The van der Waals surface area contributed by atoms with E-state index in [0.29, 0.717) is 10.2 Å². The van der Waals surface area contributed by atoms with Gasteiger partial charge in [-0.15, -0.1) is 0 Å². The van der Waals surface area contributed by atoms with Crippen LogP contribution in [-0.2, 0) is 4.79 Å². The standard InChI is InChI=1S/C17H15BrN4O5S/c1-10-6-7-14(12(18)8-10)27-9-15(23)20-21-17(28)19-16(24)11-4-2-3-5-13(11)22(25)26/h2-8H,9H2,1H3,(H,20,23)(H2,19,21,24,28). The second-order valence-electron chi connectivity index (χ2n) is 5.45. The zero-order chi connectivity index (χ0) is 20.7. The van der Waals surface area contributed by atoms with Crippen molar-refractivity contribution in [1.82, 2.24) is 16.2 Å². The molecule has 0 spiro atoms. The van der Waals surface area contributed by atoms with Gasteiger partial charge in [-0.1, -0.05) is 18.2 Å². The van der Waals surface area contributed by atoms with Crippen molar-refractivity contribution in [2.75, 3.05) is 6.61 Å². The number of aryl methyl sites for hydroxylation is 1. The summed E-state index contributed by atoms with van der Waals surface area (Å²) >= 11 is 8.23. The first-order valence-corrected chi connectivity index (χ1v) is 9.00. The second-order valence-corrected chi connectivity index (χ2v) is 6.72. The first-order chi connectivity index (χ1) is 13.3. The van der Waals surface area contributed by atoms with E-state index in [-0.39, 0.29) is 23.0 Å². The summed E-state index contributed by atoms with van der Waals surface area (Å²) in [6.07, 6.45) is 0. The molecule has 0 unspecified atom stereocenters. The van der Waals surface area contributed by atoms with E-state index in [4.69, 9.17) is 17.0 Å². The third-order valence-electron chi connectivity index (χ3n) is 3.33. The maximum Gasteiger partial charge on any atom is 0.282 e. The summed E-state index contributed by atoms with van der Waals surface area (Å²) in [5.74, 6) is -0.832. The Balaban J connectivity index is 1.82. The Morgan fingerprint density at radius 1 is 1.21 bits per heavy atom. The van der Waals surface area contributed by atoms with Gasteiger partial charge in [0.15, 0.2) is 11.7 Å². The van der Waals surface area contributed by atoms with Crippen molar-refractivity contribution in [3.05, 3.63) is 68.2 Å². The summed E-state index contributed by atoms with van der Waals surface area (Å²) < 4.78 is 6.08. The molecule has 3 N–H and O–H groups in total. The van der Waals surface area contributed by atoms with E-state index in [9.17, 15) is 19.7 Å². The summed E-state index contributed by atoms with van der Waals surface area (Å²) in [5, 5.41) is 13.0. The quantitative estimate of drug-likeness (QED) is 0.351. The number of para-hydroxylation sites is 1. The molecule has 0 aromatic heterocycles. The van der Waals surface area contributed by atoms with E-state index in [1.54, 1.807) is 6.07 Å². The van der Waals surface area contributed by atoms with Gasteiger partial charge in [-0.05, 0) is 58.8 Å². The van der Waals surface area contributed by atoms with Crippen LogP contribution in [0.25, 0.3) is 0 Å². The molecule has 0 atom stereocenters. The number of nitrogens with one attached hydrogen (secondary N) is 3. The molecule has 0 aliphatic heterocycles. The molecule has 0 bridgehead atoms.